The summed E-state index contributed by atoms with van der Waals surface area (Å²) in [6, 6.07) is 7.96. The lowest BCUT2D eigenvalue weighted by Crippen LogP contribution is -2.51. The van der Waals surface area contributed by atoms with Crippen molar-refractivity contribution in [2.45, 2.75) is 51.1 Å². The van der Waals surface area contributed by atoms with Gasteiger partial charge in [0.05, 0.1) is 0 Å². The first-order valence-corrected chi connectivity index (χ1v) is 7.66. The predicted octanol–water partition coefficient (Wildman–Crippen LogP) is 3.99. The van der Waals surface area contributed by atoms with Crippen molar-refractivity contribution in [1.29, 1.82) is 0 Å². The molecule has 2 nitrogen and oxygen atoms in total. The normalized spacial score (nSPS) is 20.0. The van der Waals surface area contributed by atoms with E-state index in [0.717, 1.165) is 18.1 Å². The lowest BCUT2D eigenvalue weighted by molar-refractivity contribution is 0.0980. The molecule has 0 aliphatic carbocycles. The molecule has 0 spiro atoms. The van der Waals surface area contributed by atoms with Gasteiger partial charge in [-0.1, -0.05) is 36.6 Å². The predicted molar refractivity (Wildman–Crippen MR) is 82.5 cm³/mol. The first-order valence-electron chi connectivity index (χ1n) is 7.28. The van der Waals surface area contributed by atoms with Crippen molar-refractivity contribution in [3.63, 3.8) is 0 Å². The van der Waals surface area contributed by atoms with Gasteiger partial charge in [-0.25, -0.2) is 0 Å². The molecule has 0 amide bonds. The minimum Gasteiger partial charge on any atom is -0.322 e. The zero-order chi connectivity index (χ0) is 13.9. The number of hydrogen-bond acceptors (Lipinski definition) is 2. The SMILES string of the molecule is CC(C)(C(N)c1ccc(Cl)cc1)N1CCCCCC1. The highest BCUT2D eigenvalue weighted by atomic mass is 35.5. The van der Waals surface area contributed by atoms with Crippen molar-refractivity contribution in [1.82, 2.24) is 4.90 Å². The van der Waals surface area contributed by atoms with Gasteiger partial charge in [0.15, 0.2) is 0 Å². The minimum absolute atomic E-state index is 0.0157. The van der Waals surface area contributed by atoms with Crippen molar-refractivity contribution in [2.24, 2.45) is 5.73 Å². The molecular formula is C16H25ClN2. The van der Waals surface area contributed by atoms with Gasteiger partial charge in [0.25, 0.3) is 0 Å². The average Bonchev–Trinajstić information content (AvgIpc) is 2.68. The Morgan fingerprint density at radius 2 is 1.58 bits per heavy atom. The van der Waals surface area contributed by atoms with Gasteiger partial charge >= 0.3 is 0 Å². The molecule has 0 saturated carbocycles. The van der Waals surface area contributed by atoms with Crippen LogP contribution in [0.25, 0.3) is 0 Å². The van der Waals surface area contributed by atoms with Gasteiger partial charge in [0.1, 0.15) is 0 Å². The molecule has 1 saturated heterocycles. The fourth-order valence-corrected chi connectivity index (χ4v) is 3.05. The maximum Gasteiger partial charge on any atom is 0.0476 e. The third kappa shape index (κ3) is 3.50. The Morgan fingerprint density at radius 3 is 2.11 bits per heavy atom. The quantitative estimate of drug-likeness (QED) is 0.907. The highest BCUT2D eigenvalue weighted by Crippen LogP contribution is 2.31. The minimum atomic E-state index is -0.0157. The van der Waals surface area contributed by atoms with Crippen LogP contribution in [0.5, 0.6) is 0 Å². The second kappa shape index (κ2) is 6.25. The van der Waals surface area contributed by atoms with Crippen LogP contribution in [0.15, 0.2) is 24.3 Å². The maximum atomic E-state index is 6.52. The first-order chi connectivity index (χ1) is 9.01. The molecule has 1 atom stereocenters. The molecule has 1 aromatic carbocycles. The number of rotatable bonds is 3. The number of hydrogen-bond donors (Lipinski definition) is 1. The average molecular weight is 281 g/mol. The van der Waals surface area contributed by atoms with E-state index in [1.807, 2.05) is 24.3 Å². The molecule has 0 aromatic heterocycles. The lowest BCUT2D eigenvalue weighted by atomic mass is 9.87. The zero-order valence-corrected chi connectivity index (χ0v) is 12.8. The van der Waals surface area contributed by atoms with Gasteiger partial charge in [-0.15, -0.1) is 0 Å². The third-order valence-corrected chi connectivity index (χ3v) is 4.66. The molecule has 2 N–H and O–H groups in total. The number of halogens is 1. The second-order valence-electron chi connectivity index (χ2n) is 6.08. The van der Waals surface area contributed by atoms with Gasteiger partial charge in [-0.3, -0.25) is 4.90 Å². The van der Waals surface area contributed by atoms with Crippen molar-refractivity contribution in [3.05, 3.63) is 34.9 Å². The highest BCUT2D eigenvalue weighted by Gasteiger charge is 2.34. The van der Waals surface area contributed by atoms with Gasteiger partial charge < -0.3 is 5.73 Å². The van der Waals surface area contributed by atoms with Crippen molar-refractivity contribution >= 4 is 11.6 Å². The van der Waals surface area contributed by atoms with E-state index < -0.39 is 0 Å². The Morgan fingerprint density at radius 1 is 1.05 bits per heavy atom. The fourth-order valence-electron chi connectivity index (χ4n) is 2.92. The third-order valence-electron chi connectivity index (χ3n) is 4.41. The monoisotopic (exact) mass is 280 g/mol. The second-order valence-corrected chi connectivity index (χ2v) is 6.52. The standard InChI is InChI=1S/C16H25ClN2/c1-16(2,19-11-5-3-4-6-12-19)15(18)13-7-9-14(17)10-8-13/h7-10,15H,3-6,11-12,18H2,1-2H3. The van der Waals surface area contributed by atoms with Gasteiger partial charge in [-0.05, 0) is 57.5 Å². The van der Waals surface area contributed by atoms with Gasteiger partial charge in [-0.2, -0.15) is 0 Å². The molecule has 19 heavy (non-hydrogen) atoms. The van der Waals surface area contributed by atoms with Crippen molar-refractivity contribution < 1.29 is 0 Å². The molecule has 1 fully saturated rings. The van der Waals surface area contributed by atoms with E-state index in [4.69, 9.17) is 17.3 Å². The van der Waals surface area contributed by atoms with E-state index in [1.165, 1.54) is 31.2 Å². The lowest BCUT2D eigenvalue weighted by Gasteiger charge is -2.42. The van der Waals surface area contributed by atoms with Crippen LogP contribution < -0.4 is 5.73 Å². The Labute approximate surface area is 121 Å². The number of benzene rings is 1. The molecule has 2 rings (SSSR count). The fraction of sp³-hybridized carbons (Fsp3) is 0.625. The van der Waals surface area contributed by atoms with E-state index in [-0.39, 0.29) is 11.6 Å². The smallest absolute Gasteiger partial charge is 0.0476 e. The van der Waals surface area contributed by atoms with Crippen LogP contribution >= 0.6 is 11.6 Å². The summed E-state index contributed by atoms with van der Waals surface area (Å²) in [5.74, 6) is 0. The van der Waals surface area contributed by atoms with Crippen LogP contribution in [0.2, 0.25) is 5.02 Å². The van der Waals surface area contributed by atoms with E-state index in [2.05, 4.69) is 18.7 Å². The molecule has 1 aliphatic heterocycles. The van der Waals surface area contributed by atoms with Gasteiger partial charge in [0, 0.05) is 16.6 Å². The van der Waals surface area contributed by atoms with E-state index in [0.29, 0.717) is 0 Å². The molecule has 1 aromatic rings. The maximum absolute atomic E-state index is 6.52. The zero-order valence-electron chi connectivity index (χ0n) is 12.0. The van der Waals surface area contributed by atoms with Crippen LogP contribution in [0, 0.1) is 0 Å². The summed E-state index contributed by atoms with van der Waals surface area (Å²) in [6.07, 6.45) is 5.28. The molecule has 1 aliphatic rings. The molecule has 1 heterocycles. The van der Waals surface area contributed by atoms with Crippen molar-refractivity contribution in [2.75, 3.05) is 13.1 Å². The summed E-state index contributed by atoms with van der Waals surface area (Å²) in [6.45, 7) is 6.85. The van der Waals surface area contributed by atoms with Crippen molar-refractivity contribution in [3.8, 4) is 0 Å². The Hall–Kier alpha value is -0.570. The van der Waals surface area contributed by atoms with Crippen LogP contribution in [0.1, 0.15) is 51.1 Å². The van der Waals surface area contributed by atoms with E-state index >= 15 is 0 Å². The summed E-state index contributed by atoms with van der Waals surface area (Å²) in [7, 11) is 0. The highest BCUT2D eigenvalue weighted by molar-refractivity contribution is 6.30. The molecule has 0 radical (unpaired) electrons. The van der Waals surface area contributed by atoms with Crippen LogP contribution in [0.3, 0.4) is 0 Å². The number of nitrogens with two attached hydrogens (primary N) is 1. The summed E-state index contributed by atoms with van der Waals surface area (Å²) >= 11 is 5.95. The molecule has 1 unspecified atom stereocenters. The van der Waals surface area contributed by atoms with E-state index in [9.17, 15) is 0 Å². The largest absolute Gasteiger partial charge is 0.322 e. The summed E-state index contributed by atoms with van der Waals surface area (Å²) < 4.78 is 0. The Kier molecular flexibility index (Phi) is 4.88. The number of likely N-dealkylation sites (tertiary alicyclic amines) is 1. The van der Waals surface area contributed by atoms with Crippen LogP contribution in [0.4, 0.5) is 0 Å². The van der Waals surface area contributed by atoms with Gasteiger partial charge in [0.2, 0.25) is 0 Å². The summed E-state index contributed by atoms with van der Waals surface area (Å²) in [4.78, 5) is 2.55. The van der Waals surface area contributed by atoms with E-state index in [1.54, 1.807) is 0 Å². The van der Waals surface area contributed by atoms with Crippen LogP contribution in [-0.4, -0.2) is 23.5 Å². The number of nitrogens with zero attached hydrogens (tertiary/aromatic N) is 1. The molecular weight excluding hydrogens is 256 g/mol. The Balaban J connectivity index is 2.14. The molecule has 106 valence electrons. The summed E-state index contributed by atoms with van der Waals surface area (Å²) in [5, 5.41) is 0.767. The summed E-state index contributed by atoms with van der Waals surface area (Å²) in [5.41, 5.74) is 7.67. The topological polar surface area (TPSA) is 29.3 Å². The molecule has 3 heteroatoms. The van der Waals surface area contributed by atoms with Crippen LogP contribution in [-0.2, 0) is 0 Å². The molecule has 0 bridgehead atoms. The first kappa shape index (κ1) is 14.8. The Bertz CT molecular complexity index is 392.